The van der Waals surface area contributed by atoms with Gasteiger partial charge >= 0.3 is 5.97 Å². The maximum absolute atomic E-state index is 12.2. The molecule has 1 saturated heterocycles. The van der Waals surface area contributed by atoms with Crippen molar-refractivity contribution in [3.05, 3.63) is 0 Å². The first kappa shape index (κ1) is 13.0. The van der Waals surface area contributed by atoms with Crippen LogP contribution in [-0.2, 0) is 9.59 Å². The van der Waals surface area contributed by atoms with Crippen molar-refractivity contribution in [1.82, 2.24) is 5.32 Å². The Morgan fingerprint density at radius 1 is 1.57 bits per heavy atom. The van der Waals surface area contributed by atoms with E-state index in [4.69, 9.17) is 5.11 Å². The molecule has 2 atom stereocenters. The first-order valence-corrected chi connectivity index (χ1v) is 4.57. The van der Waals surface area contributed by atoms with E-state index in [1.807, 2.05) is 6.92 Å². The molecule has 1 rings (SSSR count). The smallest absolute Gasteiger partial charge is 0.320 e. The molecule has 0 saturated carbocycles. The fourth-order valence-corrected chi connectivity index (χ4v) is 0.881. The Morgan fingerprint density at radius 3 is 2.21 bits per heavy atom. The van der Waals surface area contributed by atoms with Gasteiger partial charge in [0.05, 0.1) is 0 Å². The standard InChI is InChI=1S/C5H8FNO2.C4H8O/c6-3-1-4(5(8)9)7-2-3;1-3-4(2)5/h3-4,7H,1-2H2,(H,8,9);3H2,1-2H3/t3?,4-;/m0./s1. The third-order valence-electron chi connectivity index (χ3n) is 1.87. The molecule has 1 aliphatic heterocycles. The molecule has 0 radical (unpaired) electrons. The molecule has 5 heteroatoms. The second-order valence-electron chi connectivity index (χ2n) is 3.19. The van der Waals surface area contributed by atoms with E-state index in [9.17, 15) is 14.0 Å². The van der Waals surface area contributed by atoms with E-state index in [1.165, 1.54) is 0 Å². The Labute approximate surface area is 82.5 Å². The lowest BCUT2D eigenvalue weighted by molar-refractivity contribution is -0.139. The molecule has 0 aromatic heterocycles. The van der Waals surface area contributed by atoms with Crippen LogP contribution in [0.4, 0.5) is 4.39 Å². The van der Waals surface area contributed by atoms with Crippen LogP contribution in [0.5, 0.6) is 0 Å². The van der Waals surface area contributed by atoms with Gasteiger partial charge in [0, 0.05) is 19.4 Å². The Kier molecular flexibility index (Phi) is 6.03. The minimum absolute atomic E-state index is 0.106. The van der Waals surface area contributed by atoms with E-state index in [2.05, 4.69) is 5.32 Å². The predicted molar refractivity (Wildman–Crippen MR) is 49.9 cm³/mol. The second kappa shape index (κ2) is 6.48. The molecule has 0 aromatic rings. The first-order chi connectivity index (χ1) is 6.47. The van der Waals surface area contributed by atoms with Crippen LogP contribution in [0, 0.1) is 0 Å². The Morgan fingerprint density at radius 2 is 2.07 bits per heavy atom. The SMILES string of the molecule is CCC(C)=O.O=C(O)[C@@H]1CC(F)CN1. The van der Waals surface area contributed by atoms with Crippen LogP contribution >= 0.6 is 0 Å². The van der Waals surface area contributed by atoms with Crippen molar-refractivity contribution in [2.45, 2.75) is 38.9 Å². The monoisotopic (exact) mass is 205 g/mol. The molecule has 1 heterocycles. The number of hydrogen-bond donors (Lipinski definition) is 2. The van der Waals surface area contributed by atoms with Crippen molar-refractivity contribution < 1.29 is 19.1 Å². The molecule has 0 spiro atoms. The van der Waals surface area contributed by atoms with Crippen molar-refractivity contribution in [2.24, 2.45) is 0 Å². The largest absolute Gasteiger partial charge is 0.480 e. The summed E-state index contributed by atoms with van der Waals surface area (Å²) in [5, 5.41) is 10.8. The highest BCUT2D eigenvalue weighted by Crippen LogP contribution is 2.09. The van der Waals surface area contributed by atoms with Gasteiger partial charge in [-0.05, 0) is 6.92 Å². The van der Waals surface area contributed by atoms with Gasteiger partial charge in [0.15, 0.2) is 0 Å². The van der Waals surface area contributed by atoms with Gasteiger partial charge in [0.2, 0.25) is 0 Å². The zero-order valence-corrected chi connectivity index (χ0v) is 8.42. The van der Waals surface area contributed by atoms with Crippen LogP contribution in [0.1, 0.15) is 26.7 Å². The third kappa shape index (κ3) is 5.64. The normalized spacial score (nSPS) is 25.1. The highest BCUT2D eigenvalue weighted by Gasteiger charge is 2.28. The molecule has 0 bridgehead atoms. The average molecular weight is 205 g/mol. The number of nitrogens with one attached hydrogen (secondary N) is 1. The van der Waals surface area contributed by atoms with E-state index in [1.54, 1.807) is 6.92 Å². The van der Waals surface area contributed by atoms with Crippen molar-refractivity contribution >= 4 is 11.8 Å². The summed E-state index contributed by atoms with van der Waals surface area (Å²) in [7, 11) is 0. The van der Waals surface area contributed by atoms with Crippen LogP contribution in [-0.4, -0.2) is 35.6 Å². The zero-order valence-electron chi connectivity index (χ0n) is 8.42. The van der Waals surface area contributed by atoms with Gasteiger partial charge in [0.25, 0.3) is 0 Å². The fraction of sp³-hybridized carbons (Fsp3) is 0.778. The van der Waals surface area contributed by atoms with Gasteiger partial charge in [0.1, 0.15) is 18.0 Å². The summed E-state index contributed by atoms with van der Waals surface area (Å²) in [5.41, 5.74) is 0. The number of carbonyl (C=O) groups excluding carboxylic acids is 1. The molecule has 0 amide bonds. The maximum Gasteiger partial charge on any atom is 0.320 e. The number of carboxylic acid groups (broad SMARTS) is 1. The molecule has 14 heavy (non-hydrogen) atoms. The average Bonchev–Trinajstić information content (AvgIpc) is 2.53. The summed E-state index contributed by atoms with van der Waals surface area (Å²) in [6.45, 7) is 3.61. The molecular formula is C9H16FNO3. The van der Waals surface area contributed by atoms with Gasteiger partial charge in [-0.1, -0.05) is 6.92 Å². The van der Waals surface area contributed by atoms with Crippen LogP contribution in [0.25, 0.3) is 0 Å². The van der Waals surface area contributed by atoms with Crippen molar-refractivity contribution in [2.75, 3.05) is 6.54 Å². The number of Topliss-reactive ketones (excluding diaryl/α,β-unsaturated/α-hetero) is 1. The Bertz CT molecular complexity index is 208. The van der Waals surface area contributed by atoms with E-state index >= 15 is 0 Å². The van der Waals surface area contributed by atoms with Crippen LogP contribution < -0.4 is 5.32 Å². The molecule has 1 fully saturated rings. The molecule has 0 aromatic carbocycles. The highest BCUT2D eigenvalue weighted by molar-refractivity contribution is 5.75. The van der Waals surface area contributed by atoms with Gasteiger partial charge < -0.3 is 15.2 Å². The van der Waals surface area contributed by atoms with Crippen molar-refractivity contribution in [3.8, 4) is 0 Å². The summed E-state index contributed by atoms with van der Waals surface area (Å²) in [6, 6.07) is -0.667. The number of alkyl halides is 1. The van der Waals surface area contributed by atoms with Gasteiger partial charge in [-0.2, -0.15) is 0 Å². The lowest BCUT2D eigenvalue weighted by Gasteiger charge is -1.99. The number of carbonyl (C=O) groups is 2. The summed E-state index contributed by atoms with van der Waals surface area (Å²) < 4.78 is 12.2. The summed E-state index contributed by atoms with van der Waals surface area (Å²) in [6.07, 6.45) is -0.207. The first-order valence-electron chi connectivity index (χ1n) is 4.57. The number of hydrogen-bond acceptors (Lipinski definition) is 3. The second-order valence-corrected chi connectivity index (χ2v) is 3.19. The lowest BCUT2D eigenvalue weighted by atomic mass is 10.2. The van der Waals surface area contributed by atoms with Crippen LogP contribution in [0.15, 0.2) is 0 Å². The Balaban J connectivity index is 0.000000292. The van der Waals surface area contributed by atoms with Crippen LogP contribution in [0.3, 0.4) is 0 Å². The maximum atomic E-state index is 12.2. The fourth-order valence-electron chi connectivity index (χ4n) is 0.881. The molecule has 2 N–H and O–H groups in total. The topological polar surface area (TPSA) is 66.4 Å². The number of halogens is 1. The predicted octanol–water partition coefficient (Wildman–Crippen LogP) is 0.756. The molecule has 1 unspecified atom stereocenters. The number of aliphatic carboxylic acids is 1. The minimum atomic E-state index is -0.980. The van der Waals surface area contributed by atoms with E-state index < -0.39 is 18.2 Å². The van der Waals surface area contributed by atoms with E-state index in [0.717, 1.165) is 0 Å². The number of carboxylic acids is 1. The lowest BCUT2D eigenvalue weighted by Crippen LogP contribution is -2.29. The van der Waals surface area contributed by atoms with E-state index in [0.29, 0.717) is 6.42 Å². The van der Waals surface area contributed by atoms with Crippen molar-refractivity contribution in [1.29, 1.82) is 0 Å². The summed E-state index contributed by atoms with van der Waals surface area (Å²) >= 11 is 0. The number of ketones is 1. The highest BCUT2D eigenvalue weighted by atomic mass is 19.1. The van der Waals surface area contributed by atoms with Gasteiger partial charge in [-0.25, -0.2) is 4.39 Å². The number of rotatable bonds is 2. The molecule has 4 nitrogen and oxygen atoms in total. The van der Waals surface area contributed by atoms with E-state index in [-0.39, 0.29) is 18.7 Å². The summed E-state index contributed by atoms with van der Waals surface area (Å²) in [5.74, 6) is -0.708. The molecule has 0 aliphatic carbocycles. The molecule has 1 aliphatic rings. The quantitative estimate of drug-likeness (QED) is 0.698. The summed E-state index contributed by atoms with van der Waals surface area (Å²) in [4.78, 5) is 19.9. The third-order valence-corrected chi connectivity index (χ3v) is 1.87. The zero-order chi connectivity index (χ0) is 11.1. The molecule has 82 valence electrons. The Hall–Kier alpha value is -0.970. The van der Waals surface area contributed by atoms with Gasteiger partial charge in [-0.3, -0.25) is 4.79 Å². The minimum Gasteiger partial charge on any atom is -0.480 e. The molecular weight excluding hydrogens is 189 g/mol. The van der Waals surface area contributed by atoms with Gasteiger partial charge in [-0.15, -0.1) is 0 Å². The van der Waals surface area contributed by atoms with Crippen molar-refractivity contribution in [3.63, 3.8) is 0 Å². The van der Waals surface area contributed by atoms with Crippen LogP contribution in [0.2, 0.25) is 0 Å².